The lowest BCUT2D eigenvalue weighted by molar-refractivity contribution is -0.143. The molecule has 1 aromatic heterocycles. The third-order valence-corrected chi connectivity index (χ3v) is 5.77. The van der Waals surface area contributed by atoms with Crippen LogP contribution < -0.4 is 5.32 Å². The summed E-state index contributed by atoms with van der Waals surface area (Å²) in [5.41, 5.74) is 0.809. The highest BCUT2D eigenvalue weighted by atomic mass is 16.3. The number of piperidine rings is 1. The molecule has 150 valence electrons. The second-order valence-corrected chi connectivity index (χ2v) is 10.2. The number of aryl methyl sites for hydroxylation is 1. The van der Waals surface area contributed by atoms with Crippen molar-refractivity contribution in [1.82, 2.24) is 10.2 Å². The van der Waals surface area contributed by atoms with Gasteiger partial charge in [0.05, 0.1) is 12.0 Å². The van der Waals surface area contributed by atoms with Crippen LogP contribution in [0.4, 0.5) is 0 Å². The second-order valence-electron chi connectivity index (χ2n) is 10.2. The second kappa shape index (κ2) is 6.99. The molecular weight excluding hydrogens is 340 g/mol. The molecule has 0 saturated carbocycles. The van der Waals surface area contributed by atoms with Gasteiger partial charge in [0, 0.05) is 30.5 Å². The van der Waals surface area contributed by atoms with E-state index in [2.05, 4.69) is 25.2 Å². The largest absolute Gasteiger partial charge is 0.466 e. The maximum atomic E-state index is 13.0. The van der Waals surface area contributed by atoms with Crippen molar-refractivity contribution in [2.75, 3.05) is 13.1 Å². The molecular formula is C22H34N2O3. The zero-order chi connectivity index (χ0) is 20.0. The van der Waals surface area contributed by atoms with Crippen molar-refractivity contribution >= 4 is 11.8 Å². The van der Waals surface area contributed by atoms with Gasteiger partial charge in [-0.15, -0.1) is 0 Å². The molecule has 3 rings (SSSR count). The van der Waals surface area contributed by atoms with Gasteiger partial charge >= 0.3 is 0 Å². The normalized spacial score (nSPS) is 25.0. The van der Waals surface area contributed by atoms with E-state index >= 15 is 0 Å². The number of hydrogen-bond acceptors (Lipinski definition) is 3. The lowest BCUT2D eigenvalue weighted by atomic mass is 9.74. The molecule has 5 nitrogen and oxygen atoms in total. The van der Waals surface area contributed by atoms with Gasteiger partial charge in [-0.1, -0.05) is 34.6 Å². The maximum absolute atomic E-state index is 13.0. The monoisotopic (exact) mass is 374 g/mol. The van der Waals surface area contributed by atoms with Crippen LogP contribution in [0.15, 0.2) is 10.5 Å². The van der Waals surface area contributed by atoms with Crippen LogP contribution in [0.25, 0.3) is 0 Å². The lowest BCUT2D eigenvalue weighted by Gasteiger charge is -2.38. The number of nitrogens with one attached hydrogen (secondary N) is 1. The van der Waals surface area contributed by atoms with Gasteiger partial charge in [0.2, 0.25) is 11.8 Å². The number of furan rings is 1. The summed E-state index contributed by atoms with van der Waals surface area (Å²) >= 11 is 0. The van der Waals surface area contributed by atoms with Crippen LogP contribution >= 0.6 is 0 Å². The van der Waals surface area contributed by atoms with Crippen molar-refractivity contribution < 1.29 is 14.0 Å². The molecule has 1 aliphatic carbocycles. The Kier molecular flexibility index (Phi) is 5.17. The molecule has 1 aliphatic heterocycles. The first-order valence-electron chi connectivity index (χ1n) is 10.2. The molecule has 0 bridgehead atoms. The minimum Gasteiger partial charge on any atom is -0.466 e. The van der Waals surface area contributed by atoms with Crippen LogP contribution in [0.2, 0.25) is 0 Å². The molecule has 1 aromatic rings. The average Bonchev–Trinajstić information content (AvgIpc) is 2.92. The smallest absolute Gasteiger partial charge is 0.227 e. The molecule has 2 amide bonds. The summed E-state index contributed by atoms with van der Waals surface area (Å²) in [7, 11) is 0. The number of rotatable bonds is 2. The number of likely N-dealkylation sites (tertiary alicyclic amines) is 1. The van der Waals surface area contributed by atoms with Crippen molar-refractivity contribution in [3.05, 3.63) is 23.2 Å². The maximum Gasteiger partial charge on any atom is 0.227 e. The van der Waals surface area contributed by atoms with E-state index in [1.54, 1.807) is 0 Å². The predicted molar refractivity (Wildman–Crippen MR) is 105 cm³/mol. The topological polar surface area (TPSA) is 62.6 Å². The van der Waals surface area contributed by atoms with E-state index in [0.29, 0.717) is 6.54 Å². The van der Waals surface area contributed by atoms with Crippen molar-refractivity contribution in [3.8, 4) is 0 Å². The van der Waals surface area contributed by atoms with Crippen LogP contribution in [0, 0.1) is 23.7 Å². The first kappa shape index (κ1) is 20.0. The third kappa shape index (κ3) is 4.39. The minimum absolute atomic E-state index is 0.0117. The molecule has 2 aliphatic rings. The first-order valence-corrected chi connectivity index (χ1v) is 10.2. The van der Waals surface area contributed by atoms with Gasteiger partial charge in [0.25, 0.3) is 0 Å². The van der Waals surface area contributed by atoms with Crippen LogP contribution in [0.3, 0.4) is 0 Å². The number of hydrogen-bond donors (Lipinski definition) is 1. The van der Waals surface area contributed by atoms with Gasteiger partial charge in [-0.2, -0.15) is 0 Å². The quantitative estimate of drug-likeness (QED) is 0.851. The Morgan fingerprint density at radius 2 is 2.00 bits per heavy atom. The Hall–Kier alpha value is -1.78. The summed E-state index contributed by atoms with van der Waals surface area (Å²) in [6, 6.07) is 2.05. The van der Waals surface area contributed by atoms with Crippen molar-refractivity contribution in [2.24, 2.45) is 16.7 Å². The van der Waals surface area contributed by atoms with Gasteiger partial charge in [-0.3, -0.25) is 9.59 Å². The van der Waals surface area contributed by atoms with E-state index in [9.17, 15) is 9.59 Å². The fraction of sp³-hybridized carbons (Fsp3) is 0.727. The van der Waals surface area contributed by atoms with Crippen LogP contribution in [0.5, 0.6) is 0 Å². The summed E-state index contributed by atoms with van der Waals surface area (Å²) in [4.78, 5) is 27.5. The Morgan fingerprint density at radius 1 is 1.30 bits per heavy atom. The molecule has 2 atom stereocenters. The highest BCUT2D eigenvalue weighted by Gasteiger charge is 2.38. The standard InChI is InChI=1S/C22H34N2O3/c1-14-10-16-17(11-22(5,6)12-18(16)27-14)23-19(25)15-8-7-9-24(13-15)20(26)21(2,3)4/h10,15,17H,7-9,11-13H2,1-6H3,(H,23,25). The van der Waals surface area contributed by atoms with E-state index < -0.39 is 5.41 Å². The Labute approximate surface area is 162 Å². The molecule has 1 fully saturated rings. The third-order valence-electron chi connectivity index (χ3n) is 5.77. The average molecular weight is 375 g/mol. The molecule has 5 heteroatoms. The minimum atomic E-state index is -0.408. The van der Waals surface area contributed by atoms with Crippen LogP contribution in [-0.4, -0.2) is 29.8 Å². The summed E-state index contributed by atoms with van der Waals surface area (Å²) in [6.45, 7) is 13.5. The summed E-state index contributed by atoms with van der Waals surface area (Å²) < 4.78 is 5.88. The Morgan fingerprint density at radius 3 is 2.67 bits per heavy atom. The van der Waals surface area contributed by atoms with Crippen LogP contribution in [-0.2, 0) is 16.0 Å². The highest BCUT2D eigenvalue weighted by Crippen LogP contribution is 2.42. The number of carbonyl (C=O) groups excluding carboxylic acids is 2. The zero-order valence-corrected chi connectivity index (χ0v) is 17.6. The number of fused-ring (bicyclic) bond motifs is 1. The summed E-state index contributed by atoms with van der Waals surface area (Å²) in [5.74, 6) is 1.96. The fourth-order valence-corrected chi connectivity index (χ4v) is 4.45. The Bertz CT molecular complexity index is 726. The van der Waals surface area contributed by atoms with Gasteiger partial charge in [-0.25, -0.2) is 0 Å². The fourth-order valence-electron chi connectivity index (χ4n) is 4.45. The summed E-state index contributed by atoms with van der Waals surface area (Å²) in [5, 5.41) is 3.28. The molecule has 2 heterocycles. The van der Waals surface area contributed by atoms with Crippen molar-refractivity contribution in [1.29, 1.82) is 0 Å². The lowest BCUT2D eigenvalue weighted by Crippen LogP contribution is -2.49. The van der Waals surface area contributed by atoms with Gasteiger partial charge < -0.3 is 14.6 Å². The van der Waals surface area contributed by atoms with E-state index in [-0.39, 0.29) is 29.2 Å². The molecule has 1 N–H and O–H groups in total. The van der Waals surface area contributed by atoms with Crippen molar-refractivity contribution in [2.45, 2.75) is 73.3 Å². The number of nitrogens with zero attached hydrogens (tertiary/aromatic N) is 1. The molecule has 27 heavy (non-hydrogen) atoms. The Balaban J connectivity index is 1.71. The molecule has 0 radical (unpaired) electrons. The summed E-state index contributed by atoms with van der Waals surface area (Å²) in [6.07, 6.45) is 3.53. The molecule has 2 unspecified atom stereocenters. The number of amides is 2. The van der Waals surface area contributed by atoms with E-state index in [0.717, 1.165) is 49.3 Å². The van der Waals surface area contributed by atoms with Gasteiger partial charge in [0.1, 0.15) is 11.5 Å². The molecule has 1 saturated heterocycles. The zero-order valence-electron chi connectivity index (χ0n) is 17.6. The first-order chi connectivity index (χ1) is 12.5. The van der Waals surface area contributed by atoms with E-state index in [4.69, 9.17) is 4.42 Å². The molecule has 0 aromatic carbocycles. The molecule has 0 spiro atoms. The van der Waals surface area contributed by atoms with Crippen molar-refractivity contribution in [3.63, 3.8) is 0 Å². The van der Waals surface area contributed by atoms with Crippen LogP contribution in [0.1, 0.15) is 77.0 Å². The highest BCUT2D eigenvalue weighted by molar-refractivity contribution is 5.84. The van der Waals surface area contributed by atoms with E-state index in [1.807, 2.05) is 32.6 Å². The number of carbonyl (C=O) groups is 2. The van der Waals surface area contributed by atoms with Gasteiger partial charge in [-0.05, 0) is 37.7 Å². The van der Waals surface area contributed by atoms with Gasteiger partial charge in [0.15, 0.2) is 0 Å². The van der Waals surface area contributed by atoms with E-state index in [1.165, 1.54) is 0 Å². The predicted octanol–water partition coefficient (Wildman–Crippen LogP) is 4.00. The SMILES string of the molecule is Cc1cc2c(o1)CC(C)(C)CC2NC(=O)C1CCCN(C(=O)C(C)(C)C)C1.